The van der Waals surface area contributed by atoms with Crippen molar-refractivity contribution in [3.8, 4) is 0 Å². The van der Waals surface area contributed by atoms with Crippen molar-refractivity contribution in [3.05, 3.63) is 65.5 Å². The maximum absolute atomic E-state index is 6.08. The second-order valence-corrected chi connectivity index (χ2v) is 8.52. The summed E-state index contributed by atoms with van der Waals surface area (Å²) in [7, 11) is 0. The van der Waals surface area contributed by atoms with Crippen LogP contribution in [-0.4, -0.2) is 27.8 Å². The lowest BCUT2D eigenvalue weighted by atomic mass is 9.81. The van der Waals surface area contributed by atoms with Crippen LogP contribution in [0.3, 0.4) is 0 Å². The molecule has 7 N–H and O–H groups in total. The number of nitrogens with one attached hydrogen (secondary N) is 5. The van der Waals surface area contributed by atoms with E-state index in [1.165, 1.54) is 31.2 Å². The highest BCUT2D eigenvalue weighted by molar-refractivity contribution is 5.75. The summed E-state index contributed by atoms with van der Waals surface area (Å²) in [6, 6.07) is 13.5. The summed E-state index contributed by atoms with van der Waals surface area (Å²) in [6.45, 7) is 0.939. The number of hydrogen-bond donors (Lipinski definition) is 6. The van der Waals surface area contributed by atoms with Crippen LogP contribution in [0.5, 0.6) is 0 Å². The highest BCUT2D eigenvalue weighted by Gasteiger charge is 2.26. The number of aromatic amines is 1. The molecule has 2 aliphatic rings. The van der Waals surface area contributed by atoms with Crippen molar-refractivity contribution in [3.63, 3.8) is 0 Å². The molecule has 162 valence electrons. The van der Waals surface area contributed by atoms with Crippen LogP contribution in [-0.2, 0) is 0 Å². The van der Waals surface area contributed by atoms with Crippen LogP contribution in [0, 0.1) is 0 Å². The maximum atomic E-state index is 6.08. The second kappa shape index (κ2) is 8.95. The van der Waals surface area contributed by atoms with Gasteiger partial charge in [-0.2, -0.15) is 5.10 Å². The van der Waals surface area contributed by atoms with Crippen molar-refractivity contribution in [2.75, 3.05) is 23.1 Å². The van der Waals surface area contributed by atoms with E-state index in [9.17, 15) is 0 Å². The van der Waals surface area contributed by atoms with Crippen LogP contribution in [0.4, 0.5) is 17.3 Å². The Morgan fingerprint density at radius 2 is 1.94 bits per heavy atom. The summed E-state index contributed by atoms with van der Waals surface area (Å²) in [5, 5.41) is 10.9. The number of rotatable bonds is 7. The van der Waals surface area contributed by atoms with Crippen molar-refractivity contribution in [1.82, 2.24) is 26.0 Å². The van der Waals surface area contributed by atoms with E-state index < -0.39 is 0 Å². The average Bonchev–Trinajstić information content (AvgIpc) is 3.50. The molecule has 1 atom stereocenters. The van der Waals surface area contributed by atoms with Gasteiger partial charge in [0.05, 0.1) is 11.9 Å². The molecule has 1 aliphatic heterocycles. The smallest absolute Gasteiger partial charge is 0.169 e. The van der Waals surface area contributed by atoms with Crippen molar-refractivity contribution in [2.45, 2.75) is 50.0 Å². The van der Waals surface area contributed by atoms with Gasteiger partial charge in [0.15, 0.2) is 5.82 Å². The fraction of sp³-hybridized carbons (Fsp3) is 0.391. The molecule has 31 heavy (non-hydrogen) atoms. The molecule has 8 heteroatoms. The molecule has 1 unspecified atom stereocenters. The number of pyridine rings is 1. The molecule has 8 nitrogen and oxygen atoms in total. The number of hydrogen-bond acceptors (Lipinski definition) is 7. The highest BCUT2D eigenvalue weighted by Crippen LogP contribution is 2.38. The molecule has 5 rings (SSSR count). The van der Waals surface area contributed by atoms with E-state index in [2.05, 4.69) is 67.2 Å². The SMILES string of the molecule is Nc1cc(C(CCN[C@H]2CC[C@H](c3ccccc3)CC2)c2cn[nH]c2)c2c(n1)NNN2. The first-order valence-corrected chi connectivity index (χ1v) is 11.1. The number of benzene rings is 1. The Balaban J connectivity index is 1.22. The summed E-state index contributed by atoms with van der Waals surface area (Å²) in [4.78, 5) is 4.37. The summed E-state index contributed by atoms with van der Waals surface area (Å²) in [6.07, 6.45) is 9.77. The molecule has 0 saturated heterocycles. The standard InChI is InChI=1S/C23H30N8/c24-21-12-20(22-23(28-21)30-31-29-22)19(17-13-26-27-14-17)10-11-25-18-8-6-16(7-9-18)15-4-2-1-3-5-15/h1-5,12-14,16,18-19,25,29,31H,6-11H2,(H,26,27)(H3,24,28,30)/t16-,18-,19?. The molecular formula is C23H30N8. The molecule has 3 heterocycles. The zero-order chi connectivity index (χ0) is 21.0. The van der Waals surface area contributed by atoms with Gasteiger partial charge in [-0.15, -0.1) is 5.53 Å². The van der Waals surface area contributed by atoms with E-state index in [0.717, 1.165) is 35.6 Å². The lowest BCUT2D eigenvalue weighted by Gasteiger charge is -2.30. The first kappa shape index (κ1) is 19.8. The molecular weight excluding hydrogens is 388 g/mol. The minimum Gasteiger partial charge on any atom is -0.384 e. The molecule has 1 fully saturated rings. The van der Waals surface area contributed by atoms with Crippen LogP contribution in [0.1, 0.15) is 60.6 Å². The maximum Gasteiger partial charge on any atom is 0.169 e. The largest absolute Gasteiger partial charge is 0.384 e. The Morgan fingerprint density at radius 3 is 2.71 bits per heavy atom. The van der Waals surface area contributed by atoms with Crippen molar-refractivity contribution in [1.29, 1.82) is 0 Å². The fourth-order valence-corrected chi connectivity index (χ4v) is 4.98. The van der Waals surface area contributed by atoms with Crippen LogP contribution in [0.15, 0.2) is 48.8 Å². The van der Waals surface area contributed by atoms with Gasteiger partial charge in [-0.1, -0.05) is 30.3 Å². The zero-order valence-corrected chi connectivity index (χ0v) is 17.6. The molecule has 1 aromatic carbocycles. The van der Waals surface area contributed by atoms with E-state index in [4.69, 9.17) is 5.73 Å². The van der Waals surface area contributed by atoms with Crippen LogP contribution < -0.4 is 27.4 Å². The summed E-state index contributed by atoms with van der Waals surface area (Å²) in [5.74, 6) is 2.11. The molecule has 0 spiro atoms. The van der Waals surface area contributed by atoms with Crippen LogP contribution >= 0.6 is 0 Å². The lowest BCUT2D eigenvalue weighted by Crippen LogP contribution is -2.34. The molecule has 0 bridgehead atoms. The van der Waals surface area contributed by atoms with Gasteiger partial charge in [0, 0.05) is 18.2 Å². The quantitative estimate of drug-likeness (QED) is 0.348. The van der Waals surface area contributed by atoms with Gasteiger partial charge < -0.3 is 16.5 Å². The van der Waals surface area contributed by atoms with Gasteiger partial charge in [-0.3, -0.25) is 10.5 Å². The topological polar surface area (TPSA) is 116 Å². The van der Waals surface area contributed by atoms with Gasteiger partial charge in [-0.05, 0) is 67.3 Å². The predicted octanol–water partition coefficient (Wildman–Crippen LogP) is 3.48. The summed E-state index contributed by atoms with van der Waals surface area (Å²) in [5.41, 5.74) is 19.9. The Bertz CT molecular complexity index is 980. The molecule has 3 aromatic rings. The molecule has 0 amide bonds. The van der Waals surface area contributed by atoms with Gasteiger partial charge in [0.25, 0.3) is 0 Å². The van der Waals surface area contributed by atoms with Gasteiger partial charge in [0.2, 0.25) is 0 Å². The number of anilines is 3. The fourth-order valence-electron chi connectivity index (χ4n) is 4.98. The molecule has 1 aliphatic carbocycles. The Kier molecular flexibility index (Phi) is 5.73. The van der Waals surface area contributed by atoms with Crippen molar-refractivity contribution in [2.24, 2.45) is 0 Å². The Labute approximate surface area is 182 Å². The monoisotopic (exact) mass is 418 g/mol. The number of aromatic nitrogens is 3. The highest BCUT2D eigenvalue weighted by atomic mass is 15.6. The van der Waals surface area contributed by atoms with Crippen LogP contribution in [0.25, 0.3) is 0 Å². The molecule has 1 saturated carbocycles. The second-order valence-electron chi connectivity index (χ2n) is 8.52. The number of fused-ring (bicyclic) bond motifs is 1. The molecule has 2 aromatic heterocycles. The van der Waals surface area contributed by atoms with E-state index >= 15 is 0 Å². The van der Waals surface area contributed by atoms with Crippen LogP contribution in [0.2, 0.25) is 0 Å². The minimum absolute atomic E-state index is 0.167. The number of nitrogen functional groups attached to an aromatic ring is 1. The van der Waals surface area contributed by atoms with E-state index in [1.54, 1.807) is 0 Å². The third-order valence-corrected chi connectivity index (χ3v) is 6.60. The first-order valence-electron chi connectivity index (χ1n) is 11.1. The number of H-pyrrole nitrogens is 1. The zero-order valence-electron chi connectivity index (χ0n) is 17.6. The van der Waals surface area contributed by atoms with E-state index in [0.29, 0.717) is 17.8 Å². The Morgan fingerprint density at radius 1 is 1.10 bits per heavy atom. The van der Waals surface area contributed by atoms with Gasteiger partial charge in [-0.25, -0.2) is 4.98 Å². The lowest BCUT2D eigenvalue weighted by molar-refractivity contribution is 0.340. The minimum atomic E-state index is 0.167. The predicted molar refractivity (Wildman–Crippen MR) is 124 cm³/mol. The summed E-state index contributed by atoms with van der Waals surface area (Å²) < 4.78 is 0. The van der Waals surface area contributed by atoms with Crippen molar-refractivity contribution >= 4 is 17.3 Å². The third kappa shape index (κ3) is 4.35. The van der Waals surface area contributed by atoms with Crippen molar-refractivity contribution < 1.29 is 0 Å². The van der Waals surface area contributed by atoms with Gasteiger partial charge in [0.1, 0.15) is 5.82 Å². The normalized spacial score (nSPS) is 21.2. The number of nitrogens with zero attached hydrogens (tertiary/aromatic N) is 2. The average molecular weight is 419 g/mol. The summed E-state index contributed by atoms with van der Waals surface area (Å²) >= 11 is 0. The van der Waals surface area contributed by atoms with E-state index in [1.807, 2.05) is 18.5 Å². The number of hydrazine groups is 2. The third-order valence-electron chi connectivity index (χ3n) is 6.60. The van der Waals surface area contributed by atoms with Gasteiger partial charge >= 0.3 is 0 Å². The number of nitrogens with two attached hydrogens (primary N) is 1. The first-order chi connectivity index (χ1) is 15.3. The molecule has 0 radical (unpaired) electrons. The Hall–Kier alpha value is -3.10. The van der Waals surface area contributed by atoms with E-state index in [-0.39, 0.29) is 5.92 Å².